The summed E-state index contributed by atoms with van der Waals surface area (Å²) in [6.07, 6.45) is 1.09. The second-order valence-electron chi connectivity index (χ2n) is 4.15. The van der Waals surface area contributed by atoms with Crippen LogP contribution < -0.4 is 15.8 Å². The van der Waals surface area contributed by atoms with Gasteiger partial charge >= 0.3 is 0 Å². The quantitative estimate of drug-likeness (QED) is 0.558. The minimum absolute atomic E-state index is 0.0663. The highest BCUT2D eigenvalue weighted by Crippen LogP contribution is 2.13. The fourth-order valence-electron chi connectivity index (χ4n) is 1.26. The van der Waals surface area contributed by atoms with Crippen molar-refractivity contribution in [3.05, 3.63) is 6.20 Å². The van der Waals surface area contributed by atoms with E-state index in [2.05, 4.69) is 20.2 Å². The number of nitrogens with two attached hydrogens (primary N) is 1. The lowest BCUT2D eigenvalue weighted by Gasteiger charge is -2.15. The monoisotopic (exact) mass is 275 g/mol. The number of hydrogen-bond acceptors (Lipinski definition) is 5. The average Bonchev–Trinajstić information content (AvgIpc) is 2.63. The summed E-state index contributed by atoms with van der Waals surface area (Å²) in [4.78, 5) is 11.4. The molecule has 0 fully saturated rings. The Morgan fingerprint density at radius 3 is 2.50 bits per heavy atom. The van der Waals surface area contributed by atoms with E-state index in [-0.39, 0.29) is 16.8 Å². The number of sulfonamides is 1. The van der Waals surface area contributed by atoms with E-state index in [1.54, 1.807) is 13.8 Å². The van der Waals surface area contributed by atoms with Gasteiger partial charge in [0, 0.05) is 6.04 Å². The van der Waals surface area contributed by atoms with Gasteiger partial charge in [-0.2, -0.15) is 9.82 Å². The molecule has 1 rings (SSSR count). The Kier molecular flexibility index (Phi) is 4.30. The Morgan fingerprint density at radius 2 is 2.06 bits per heavy atom. The summed E-state index contributed by atoms with van der Waals surface area (Å²) in [5.74, 6) is -0.477. The molecule has 102 valence electrons. The van der Waals surface area contributed by atoms with Crippen LogP contribution in [0.2, 0.25) is 0 Å². The number of anilines is 1. The van der Waals surface area contributed by atoms with Crippen molar-refractivity contribution in [3.8, 4) is 0 Å². The molecule has 1 amide bonds. The minimum atomic E-state index is -3.86. The maximum atomic E-state index is 11.9. The number of H-pyrrole nitrogens is 1. The number of carbonyl (C=O) groups is 1. The van der Waals surface area contributed by atoms with Crippen LogP contribution in [0, 0.1) is 0 Å². The molecule has 0 aliphatic heterocycles. The predicted octanol–water partition coefficient (Wildman–Crippen LogP) is -0.817. The topological polar surface area (TPSA) is 130 Å². The zero-order chi connectivity index (χ0) is 13.9. The van der Waals surface area contributed by atoms with Crippen LogP contribution in [0.15, 0.2) is 11.1 Å². The van der Waals surface area contributed by atoms with Crippen LogP contribution >= 0.6 is 0 Å². The summed E-state index contributed by atoms with van der Waals surface area (Å²) in [7, 11) is -3.86. The number of rotatable bonds is 5. The number of carbonyl (C=O) groups excluding carboxylic acids is 1. The van der Waals surface area contributed by atoms with Gasteiger partial charge in [-0.05, 0) is 20.8 Å². The smallest absolute Gasteiger partial charge is 0.246 e. The molecule has 1 unspecified atom stereocenters. The molecule has 9 heteroatoms. The molecule has 8 nitrogen and oxygen atoms in total. The molecule has 1 aromatic rings. The summed E-state index contributed by atoms with van der Waals surface area (Å²) < 4.78 is 26.0. The molecule has 0 saturated carbocycles. The molecule has 0 aliphatic carbocycles. The molecule has 0 radical (unpaired) electrons. The van der Waals surface area contributed by atoms with Crippen molar-refractivity contribution in [1.29, 1.82) is 0 Å². The average molecular weight is 275 g/mol. The molecule has 1 heterocycles. The van der Waals surface area contributed by atoms with Gasteiger partial charge in [-0.1, -0.05) is 0 Å². The van der Waals surface area contributed by atoms with Gasteiger partial charge < -0.3 is 11.1 Å². The first-order chi connectivity index (χ1) is 8.24. The number of nitrogens with one attached hydrogen (secondary N) is 3. The molecule has 0 saturated heterocycles. The fourth-order valence-corrected chi connectivity index (χ4v) is 2.48. The second kappa shape index (κ2) is 5.36. The highest BCUT2D eigenvalue weighted by molar-refractivity contribution is 7.89. The van der Waals surface area contributed by atoms with Crippen molar-refractivity contribution in [3.63, 3.8) is 0 Å². The van der Waals surface area contributed by atoms with Crippen molar-refractivity contribution in [2.24, 2.45) is 0 Å². The van der Waals surface area contributed by atoms with Crippen molar-refractivity contribution in [2.75, 3.05) is 5.73 Å². The van der Waals surface area contributed by atoms with Gasteiger partial charge in [0.2, 0.25) is 15.9 Å². The van der Waals surface area contributed by atoms with Gasteiger partial charge in [-0.3, -0.25) is 9.89 Å². The Balaban J connectivity index is 2.79. The van der Waals surface area contributed by atoms with E-state index in [0.717, 1.165) is 6.20 Å². The Bertz CT molecular complexity index is 522. The normalized spacial score (nSPS) is 13.6. The van der Waals surface area contributed by atoms with E-state index in [9.17, 15) is 13.2 Å². The van der Waals surface area contributed by atoms with Crippen LogP contribution in [0.25, 0.3) is 0 Å². The van der Waals surface area contributed by atoms with Gasteiger partial charge in [0.05, 0.1) is 12.2 Å². The molecule has 18 heavy (non-hydrogen) atoms. The molecule has 0 aromatic carbocycles. The summed E-state index contributed by atoms with van der Waals surface area (Å²) in [5.41, 5.74) is 5.42. The highest BCUT2D eigenvalue weighted by atomic mass is 32.2. The zero-order valence-electron chi connectivity index (χ0n) is 10.4. The van der Waals surface area contributed by atoms with Crippen molar-refractivity contribution >= 4 is 21.7 Å². The first-order valence-electron chi connectivity index (χ1n) is 5.35. The summed E-state index contributed by atoms with van der Waals surface area (Å²) in [6, 6.07) is -0.963. The lowest BCUT2D eigenvalue weighted by molar-refractivity contribution is -0.122. The number of aromatic nitrogens is 2. The Hall–Kier alpha value is -1.61. The lowest BCUT2D eigenvalue weighted by atomic mass is 10.3. The predicted molar refractivity (Wildman–Crippen MR) is 66.1 cm³/mol. The molecule has 0 bridgehead atoms. The van der Waals surface area contributed by atoms with Gasteiger partial charge in [0.15, 0.2) is 0 Å². The molecular formula is C9H17N5O3S. The first kappa shape index (κ1) is 14.5. The van der Waals surface area contributed by atoms with E-state index >= 15 is 0 Å². The van der Waals surface area contributed by atoms with E-state index < -0.39 is 22.0 Å². The maximum absolute atomic E-state index is 11.9. The maximum Gasteiger partial charge on any atom is 0.246 e. The van der Waals surface area contributed by atoms with Gasteiger partial charge in [-0.25, -0.2) is 8.42 Å². The van der Waals surface area contributed by atoms with Crippen LogP contribution in [-0.2, 0) is 14.8 Å². The van der Waals surface area contributed by atoms with Crippen molar-refractivity contribution in [2.45, 2.75) is 37.8 Å². The van der Waals surface area contributed by atoms with E-state index in [4.69, 9.17) is 5.73 Å². The number of nitrogen functional groups attached to an aromatic ring is 1. The third kappa shape index (κ3) is 3.44. The summed E-state index contributed by atoms with van der Waals surface area (Å²) in [6.45, 7) is 5.02. The van der Waals surface area contributed by atoms with Crippen molar-refractivity contribution in [1.82, 2.24) is 20.2 Å². The first-order valence-corrected chi connectivity index (χ1v) is 6.84. The third-order valence-electron chi connectivity index (χ3n) is 2.08. The SMILES string of the molecule is CC(C)NC(=O)C(C)NS(=O)(=O)c1cn[nH]c1N. The lowest BCUT2D eigenvalue weighted by Crippen LogP contribution is -2.46. The van der Waals surface area contributed by atoms with Crippen LogP contribution in [0.1, 0.15) is 20.8 Å². The molecule has 0 spiro atoms. The Morgan fingerprint density at radius 1 is 1.44 bits per heavy atom. The molecule has 0 aliphatic rings. The van der Waals surface area contributed by atoms with Crippen molar-refractivity contribution < 1.29 is 13.2 Å². The molecule has 1 atom stereocenters. The number of nitrogens with zero attached hydrogens (tertiary/aromatic N) is 1. The van der Waals surface area contributed by atoms with Crippen LogP contribution in [-0.4, -0.2) is 36.6 Å². The van der Waals surface area contributed by atoms with Crippen LogP contribution in [0.5, 0.6) is 0 Å². The Labute approximate surface area is 105 Å². The third-order valence-corrected chi connectivity index (χ3v) is 3.65. The number of amides is 1. The zero-order valence-corrected chi connectivity index (χ0v) is 11.2. The summed E-state index contributed by atoms with van der Waals surface area (Å²) in [5, 5.41) is 8.44. The second-order valence-corrected chi connectivity index (χ2v) is 5.84. The number of hydrogen-bond donors (Lipinski definition) is 4. The van der Waals surface area contributed by atoms with Crippen LogP contribution in [0.4, 0.5) is 5.82 Å². The fraction of sp³-hybridized carbons (Fsp3) is 0.556. The van der Waals surface area contributed by atoms with Gasteiger partial charge in [-0.15, -0.1) is 0 Å². The molecule has 5 N–H and O–H groups in total. The van der Waals surface area contributed by atoms with Gasteiger partial charge in [0.1, 0.15) is 10.7 Å². The van der Waals surface area contributed by atoms with E-state index in [1.807, 2.05) is 0 Å². The largest absolute Gasteiger partial charge is 0.383 e. The molecular weight excluding hydrogens is 258 g/mol. The number of aromatic amines is 1. The van der Waals surface area contributed by atoms with Gasteiger partial charge in [0.25, 0.3) is 0 Å². The minimum Gasteiger partial charge on any atom is -0.383 e. The standard InChI is InChI=1S/C9H17N5O3S/c1-5(2)12-9(15)6(3)14-18(16,17)7-4-11-13-8(7)10/h4-6,14H,1-3H3,(H,12,15)(H3,10,11,13). The summed E-state index contributed by atoms with van der Waals surface area (Å²) >= 11 is 0. The van der Waals surface area contributed by atoms with E-state index in [0.29, 0.717) is 0 Å². The molecule has 1 aromatic heterocycles. The highest BCUT2D eigenvalue weighted by Gasteiger charge is 2.25. The van der Waals surface area contributed by atoms with Crippen LogP contribution in [0.3, 0.4) is 0 Å². The van der Waals surface area contributed by atoms with E-state index in [1.165, 1.54) is 6.92 Å².